The van der Waals surface area contributed by atoms with E-state index >= 15 is 0 Å². The van der Waals surface area contributed by atoms with Gasteiger partial charge in [-0.15, -0.1) is 0 Å². The summed E-state index contributed by atoms with van der Waals surface area (Å²) in [7, 11) is 0. The predicted molar refractivity (Wildman–Crippen MR) is 149 cm³/mol. The number of para-hydroxylation sites is 1. The fraction of sp³-hybridized carbons (Fsp3) is 0.286. The third kappa shape index (κ3) is 6.57. The molecule has 1 heterocycles. The van der Waals surface area contributed by atoms with Crippen molar-refractivity contribution in [3.63, 3.8) is 0 Å². The van der Waals surface area contributed by atoms with Crippen molar-refractivity contribution in [1.82, 2.24) is 4.90 Å². The van der Waals surface area contributed by atoms with Gasteiger partial charge in [0.15, 0.2) is 6.61 Å². The molecule has 3 aromatic rings. The van der Waals surface area contributed by atoms with Gasteiger partial charge in [0.2, 0.25) is 0 Å². The number of non-ortho nitro benzene ring substituents is 1. The molecule has 0 aliphatic carbocycles. The van der Waals surface area contributed by atoms with Crippen LogP contribution < -0.4 is 9.64 Å². The Kier molecular flexibility index (Phi) is 9.19. The number of carbonyl (C=O) groups is 2. The van der Waals surface area contributed by atoms with E-state index in [9.17, 15) is 19.7 Å². The Morgan fingerprint density at radius 1 is 1.05 bits per heavy atom. The Morgan fingerprint density at radius 2 is 1.69 bits per heavy atom. The van der Waals surface area contributed by atoms with E-state index < -0.39 is 29.4 Å². The molecule has 0 N–H and O–H groups in total. The van der Waals surface area contributed by atoms with Crippen LogP contribution in [0.25, 0.3) is 0 Å². The molecule has 0 bridgehead atoms. The number of imide groups is 1. The monoisotopic (exact) mass is 571 g/mol. The summed E-state index contributed by atoms with van der Waals surface area (Å²) in [5, 5.41) is 11.9. The molecule has 39 heavy (non-hydrogen) atoms. The molecule has 0 saturated carbocycles. The number of carbonyl (C=O) groups excluding carboxylic acids is 2. The SMILES string of the molecule is Cc1cccc(C)c1N(C(=O)COc1ccc(Cl)cc1Cl)C(=O)[C@@H](c1ccc([N+](=O)[O-])cc1)N1CCOCC1. The smallest absolute Gasteiger partial charge is 0.271 e. The number of morpholine rings is 1. The molecule has 11 heteroatoms. The van der Waals surface area contributed by atoms with Crippen LogP contribution in [0.5, 0.6) is 5.75 Å². The van der Waals surface area contributed by atoms with E-state index in [0.29, 0.717) is 42.6 Å². The summed E-state index contributed by atoms with van der Waals surface area (Å²) in [6.45, 7) is 4.89. The minimum Gasteiger partial charge on any atom is -0.482 e. The number of nitro benzene ring substituents is 1. The number of benzene rings is 3. The van der Waals surface area contributed by atoms with Crippen molar-refractivity contribution in [1.29, 1.82) is 0 Å². The van der Waals surface area contributed by atoms with Crippen molar-refractivity contribution in [2.45, 2.75) is 19.9 Å². The van der Waals surface area contributed by atoms with Crippen LogP contribution in [-0.4, -0.2) is 54.5 Å². The molecule has 1 atom stereocenters. The number of halogens is 2. The normalized spacial score (nSPS) is 14.5. The maximum atomic E-state index is 14.4. The topological polar surface area (TPSA) is 102 Å². The molecule has 0 radical (unpaired) electrons. The Labute approximate surface area is 236 Å². The second-order valence-electron chi connectivity index (χ2n) is 9.07. The number of nitrogens with zero attached hydrogens (tertiary/aromatic N) is 3. The zero-order valence-corrected chi connectivity index (χ0v) is 22.9. The molecule has 0 spiro atoms. The molecule has 1 saturated heterocycles. The Bertz CT molecular complexity index is 1360. The predicted octanol–water partition coefficient (Wildman–Crippen LogP) is 5.53. The number of rotatable bonds is 8. The van der Waals surface area contributed by atoms with Crippen LogP contribution in [0.4, 0.5) is 11.4 Å². The number of nitro groups is 1. The summed E-state index contributed by atoms with van der Waals surface area (Å²) in [5.74, 6) is -0.842. The molecular formula is C28H27Cl2N3O6. The summed E-state index contributed by atoms with van der Waals surface area (Å²) < 4.78 is 11.2. The van der Waals surface area contributed by atoms with Crippen molar-refractivity contribution < 1.29 is 24.0 Å². The molecule has 2 amide bonds. The van der Waals surface area contributed by atoms with Gasteiger partial charge in [0.25, 0.3) is 17.5 Å². The first-order valence-electron chi connectivity index (χ1n) is 12.2. The molecule has 3 aromatic carbocycles. The van der Waals surface area contributed by atoms with Gasteiger partial charge in [-0.2, -0.15) is 0 Å². The third-order valence-electron chi connectivity index (χ3n) is 6.44. The number of aryl methyl sites for hydroxylation is 2. The summed E-state index contributed by atoms with van der Waals surface area (Å²) in [5.41, 5.74) is 2.34. The van der Waals surface area contributed by atoms with Crippen LogP contribution in [0.1, 0.15) is 22.7 Å². The van der Waals surface area contributed by atoms with E-state index in [2.05, 4.69) is 0 Å². The van der Waals surface area contributed by atoms with Gasteiger partial charge in [-0.1, -0.05) is 53.5 Å². The molecule has 0 aromatic heterocycles. The number of amides is 2. The minimum atomic E-state index is -0.892. The van der Waals surface area contributed by atoms with E-state index in [4.69, 9.17) is 32.7 Å². The van der Waals surface area contributed by atoms with Gasteiger partial charge in [-0.05, 0) is 48.7 Å². The first-order valence-corrected chi connectivity index (χ1v) is 13.0. The molecule has 0 unspecified atom stereocenters. The van der Waals surface area contributed by atoms with Gasteiger partial charge in [-0.3, -0.25) is 24.6 Å². The Hall–Kier alpha value is -3.50. The first-order chi connectivity index (χ1) is 18.7. The highest BCUT2D eigenvalue weighted by Gasteiger charge is 2.37. The minimum absolute atomic E-state index is 0.0946. The number of ether oxygens (including phenoxy) is 2. The zero-order chi connectivity index (χ0) is 28.1. The molecule has 1 aliphatic heterocycles. The first kappa shape index (κ1) is 28.5. The quantitative estimate of drug-likeness (QED) is 0.258. The fourth-order valence-corrected chi connectivity index (χ4v) is 5.02. The molecule has 1 fully saturated rings. The average molecular weight is 572 g/mol. The van der Waals surface area contributed by atoms with Gasteiger partial charge in [0.1, 0.15) is 11.8 Å². The van der Waals surface area contributed by atoms with Crippen LogP contribution in [0.15, 0.2) is 60.7 Å². The van der Waals surface area contributed by atoms with Crippen LogP contribution in [0.2, 0.25) is 10.0 Å². The van der Waals surface area contributed by atoms with E-state index in [1.807, 2.05) is 36.9 Å². The lowest BCUT2D eigenvalue weighted by atomic mass is 10.0. The largest absolute Gasteiger partial charge is 0.482 e. The molecule has 4 rings (SSSR count). The van der Waals surface area contributed by atoms with E-state index in [1.54, 1.807) is 24.3 Å². The Morgan fingerprint density at radius 3 is 2.28 bits per heavy atom. The van der Waals surface area contributed by atoms with Crippen LogP contribution in [0, 0.1) is 24.0 Å². The number of hydrogen-bond acceptors (Lipinski definition) is 7. The maximum Gasteiger partial charge on any atom is 0.271 e. The second-order valence-corrected chi connectivity index (χ2v) is 9.91. The van der Waals surface area contributed by atoms with Gasteiger partial charge >= 0.3 is 0 Å². The lowest BCUT2D eigenvalue weighted by molar-refractivity contribution is -0.384. The fourth-order valence-electron chi connectivity index (χ4n) is 4.56. The maximum absolute atomic E-state index is 14.4. The lowest BCUT2D eigenvalue weighted by Gasteiger charge is -2.37. The number of hydrogen-bond donors (Lipinski definition) is 0. The van der Waals surface area contributed by atoms with E-state index in [1.165, 1.54) is 18.2 Å². The standard InChI is InChI=1S/C28H27Cl2N3O6/c1-18-4-3-5-19(2)26(18)32(25(34)17-39-24-11-8-21(29)16-23(24)30)28(35)27(31-12-14-38-15-13-31)20-6-9-22(10-7-20)33(36)37/h3-11,16,27H,12-15,17H2,1-2H3/t27-/m1/s1. The zero-order valence-electron chi connectivity index (χ0n) is 21.4. The van der Waals surface area contributed by atoms with Gasteiger partial charge in [0, 0.05) is 30.2 Å². The average Bonchev–Trinajstić information content (AvgIpc) is 2.91. The van der Waals surface area contributed by atoms with Crippen molar-refractivity contribution in [2.75, 3.05) is 37.8 Å². The van der Waals surface area contributed by atoms with Gasteiger partial charge in [-0.25, -0.2) is 4.90 Å². The van der Waals surface area contributed by atoms with Crippen molar-refractivity contribution >= 4 is 46.4 Å². The van der Waals surface area contributed by atoms with Crippen molar-refractivity contribution in [3.8, 4) is 5.75 Å². The summed E-state index contributed by atoms with van der Waals surface area (Å²) in [6, 6.07) is 15.0. The highest BCUT2D eigenvalue weighted by atomic mass is 35.5. The van der Waals surface area contributed by atoms with E-state index in [0.717, 1.165) is 16.0 Å². The molecule has 1 aliphatic rings. The molecule has 9 nitrogen and oxygen atoms in total. The van der Waals surface area contributed by atoms with E-state index in [-0.39, 0.29) is 16.5 Å². The summed E-state index contributed by atoms with van der Waals surface area (Å²) >= 11 is 12.2. The summed E-state index contributed by atoms with van der Waals surface area (Å²) in [6.07, 6.45) is 0. The van der Waals surface area contributed by atoms with Crippen LogP contribution >= 0.6 is 23.2 Å². The number of anilines is 1. The lowest BCUT2D eigenvalue weighted by Crippen LogP contribution is -2.50. The van der Waals surface area contributed by atoms with Crippen LogP contribution in [0.3, 0.4) is 0 Å². The van der Waals surface area contributed by atoms with Crippen molar-refractivity contribution in [2.24, 2.45) is 0 Å². The van der Waals surface area contributed by atoms with Crippen molar-refractivity contribution in [3.05, 3.63) is 97.5 Å². The Balaban J connectivity index is 1.74. The summed E-state index contributed by atoms with van der Waals surface area (Å²) in [4.78, 5) is 42.0. The molecule has 204 valence electrons. The van der Waals surface area contributed by atoms with Gasteiger partial charge < -0.3 is 9.47 Å². The highest BCUT2D eigenvalue weighted by Crippen LogP contribution is 2.33. The third-order valence-corrected chi connectivity index (χ3v) is 6.97. The second kappa shape index (κ2) is 12.6. The van der Waals surface area contributed by atoms with Crippen LogP contribution in [-0.2, 0) is 14.3 Å². The molecular weight excluding hydrogens is 545 g/mol. The highest BCUT2D eigenvalue weighted by molar-refractivity contribution is 6.35. The van der Waals surface area contributed by atoms with Gasteiger partial charge in [0.05, 0.1) is 28.8 Å².